The second-order valence-electron chi connectivity index (χ2n) is 2.80. The smallest absolute Gasteiger partial charge is 0.0776 e. The number of nitrogens with zero attached hydrogens (tertiary/aromatic N) is 1. The fourth-order valence-electron chi connectivity index (χ4n) is 1.37. The summed E-state index contributed by atoms with van der Waals surface area (Å²) in [7, 11) is 0. The summed E-state index contributed by atoms with van der Waals surface area (Å²) in [5.41, 5.74) is 0. The maximum atomic E-state index is 5.20. The van der Waals surface area contributed by atoms with Crippen LogP contribution in [0, 0.1) is 0 Å². The van der Waals surface area contributed by atoms with Crippen molar-refractivity contribution in [3.8, 4) is 0 Å². The molecule has 0 spiro atoms. The Morgan fingerprint density at radius 3 is 2.40 bits per heavy atom. The lowest BCUT2D eigenvalue weighted by Crippen LogP contribution is -2.33. The fourth-order valence-corrected chi connectivity index (χ4v) is 1.55. The minimum Gasteiger partial charge on any atom is -0.366 e. The van der Waals surface area contributed by atoms with Crippen molar-refractivity contribution in [3.63, 3.8) is 0 Å². The van der Waals surface area contributed by atoms with E-state index in [-0.39, 0.29) is 0 Å². The number of piperidine rings is 1. The van der Waals surface area contributed by atoms with Crippen LogP contribution in [0.3, 0.4) is 0 Å². The summed E-state index contributed by atoms with van der Waals surface area (Å²) in [5.74, 6) is 0. The Bertz CT molecular complexity index is 116. The van der Waals surface area contributed by atoms with E-state index in [2.05, 4.69) is 11.8 Å². The second kappa shape index (κ2) is 3.91. The van der Waals surface area contributed by atoms with Crippen LogP contribution in [0.5, 0.6) is 0 Å². The van der Waals surface area contributed by atoms with Gasteiger partial charge in [0.1, 0.15) is 0 Å². The molecule has 10 heavy (non-hydrogen) atoms. The Morgan fingerprint density at radius 2 is 1.90 bits per heavy atom. The third kappa shape index (κ3) is 1.94. The zero-order valence-electron chi connectivity index (χ0n) is 6.60. The molecule has 1 aliphatic heterocycles. The van der Waals surface area contributed by atoms with Gasteiger partial charge in [0.25, 0.3) is 0 Å². The normalized spacial score (nSPS) is 19.1. The molecule has 1 fully saturated rings. The molecule has 1 saturated heterocycles. The number of hydrogen-bond acceptors (Lipinski definition) is 1. The average molecular weight is 157 g/mol. The van der Waals surface area contributed by atoms with Gasteiger partial charge in [-0.3, -0.25) is 0 Å². The van der Waals surface area contributed by atoms with Crippen LogP contribution in [0.1, 0.15) is 32.6 Å². The molecule has 1 rings (SSSR count). The minimum absolute atomic E-state index is 1.04. The van der Waals surface area contributed by atoms with Crippen molar-refractivity contribution in [2.45, 2.75) is 32.6 Å². The molecule has 0 aromatic heterocycles. The van der Waals surface area contributed by atoms with Crippen molar-refractivity contribution in [1.82, 2.24) is 4.90 Å². The Labute approximate surface area is 68.4 Å². The molecule has 0 atom stereocenters. The highest BCUT2D eigenvalue weighted by molar-refractivity contribution is 7.80. The third-order valence-electron chi connectivity index (χ3n) is 2.01. The van der Waals surface area contributed by atoms with E-state index in [1.165, 1.54) is 32.4 Å². The fraction of sp³-hybridized carbons (Fsp3) is 0.875. The molecule has 0 amide bonds. The van der Waals surface area contributed by atoms with Gasteiger partial charge in [0.2, 0.25) is 0 Å². The van der Waals surface area contributed by atoms with Gasteiger partial charge in [-0.05, 0) is 25.7 Å². The standard InChI is InChI=1S/C8H15NS/c1-2-8(10)9-6-4-3-5-7-9/h2-7H2,1H3. The van der Waals surface area contributed by atoms with Crippen molar-refractivity contribution >= 4 is 17.2 Å². The van der Waals surface area contributed by atoms with Gasteiger partial charge in [-0.2, -0.15) is 0 Å². The summed E-state index contributed by atoms with van der Waals surface area (Å²) in [5, 5.41) is 0. The molecule has 0 saturated carbocycles. The van der Waals surface area contributed by atoms with Gasteiger partial charge >= 0.3 is 0 Å². The van der Waals surface area contributed by atoms with Gasteiger partial charge in [-0.15, -0.1) is 0 Å². The Morgan fingerprint density at radius 1 is 1.30 bits per heavy atom. The molecule has 0 radical (unpaired) electrons. The molecule has 1 nitrogen and oxygen atoms in total. The monoisotopic (exact) mass is 157 g/mol. The van der Waals surface area contributed by atoms with Crippen LogP contribution >= 0.6 is 12.2 Å². The van der Waals surface area contributed by atoms with E-state index in [0.717, 1.165) is 11.4 Å². The summed E-state index contributed by atoms with van der Waals surface area (Å²) >= 11 is 5.20. The Kier molecular flexibility index (Phi) is 3.13. The van der Waals surface area contributed by atoms with E-state index in [1.54, 1.807) is 0 Å². The first-order valence-corrected chi connectivity index (χ1v) is 4.53. The maximum absolute atomic E-state index is 5.20. The average Bonchev–Trinajstić information content (AvgIpc) is 2.05. The predicted molar refractivity (Wildman–Crippen MR) is 48.3 cm³/mol. The van der Waals surface area contributed by atoms with Gasteiger partial charge in [0.15, 0.2) is 0 Å². The maximum Gasteiger partial charge on any atom is 0.0776 e. The van der Waals surface area contributed by atoms with Crippen LogP contribution in [0.4, 0.5) is 0 Å². The van der Waals surface area contributed by atoms with Gasteiger partial charge in [-0.1, -0.05) is 19.1 Å². The van der Waals surface area contributed by atoms with Crippen molar-refractivity contribution in [3.05, 3.63) is 0 Å². The number of hydrogen-bond donors (Lipinski definition) is 0. The second-order valence-corrected chi connectivity index (χ2v) is 3.27. The first-order valence-electron chi connectivity index (χ1n) is 4.12. The SMILES string of the molecule is CCC(=S)N1CCCCC1. The zero-order valence-corrected chi connectivity index (χ0v) is 7.41. The quantitative estimate of drug-likeness (QED) is 0.537. The van der Waals surface area contributed by atoms with Crippen LogP contribution in [0.2, 0.25) is 0 Å². The number of thiocarbonyl (C=S) groups is 1. The Hall–Kier alpha value is -0.110. The first-order chi connectivity index (χ1) is 4.84. The minimum atomic E-state index is 1.04. The molecule has 0 aromatic rings. The van der Waals surface area contributed by atoms with Crippen molar-refractivity contribution in [2.24, 2.45) is 0 Å². The lowest BCUT2D eigenvalue weighted by Gasteiger charge is -2.28. The molecule has 0 bridgehead atoms. The molecule has 1 aliphatic rings. The molecular weight excluding hydrogens is 142 g/mol. The van der Waals surface area contributed by atoms with Crippen LogP contribution in [-0.2, 0) is 0 Å². The van der Waals surface area contributed by atoms with Crippen LogP contribution < -0.4 is 0 Å². The van der Waals surface area contributed by atoms with Crippen molar-refractivity contribution < 1.29 is 0 Å². The van der Waals surface area contributed by atoms with Gasteiger partial charge < -0.3 is 4.90 Å². The number of rotatable bonds is 1. The van der Waals surface area contributed by atoms with E-state index >= 15 is 0 Å². The van der Waals surface area contributed by atoms with Crippen LogP contribution in [0.15, 0.2) is 0 Å². The summed E-state index contributed by atoms with van der Waals surface area (Å²) in [6, 6.07) is 0. The molecule has 0 aromatic carbocycles. The predicted octanol–water partition coefficient (Wildman–Crippen LogP) is 2.21. The summed E-state index contributed by atoms with van der Waals surface area (Å²) in [6.07, 6.45) is 5.10. The molecule has 0 unspecified atom stereocenters. The molecule has 0 N–H and O–H groups in total. The van der Waals surface area contributed by atoms with Crippen molar-refractivity contribution in [2.75, 3.05) is 13.1 Å². The van der Waals surface area contributed by atoms with Gasteiger partial charge in [-0.25, -0.2) is 0 Å². The van der Waals surface area contributed by atoms with E-state index < -0.39 is 0 Å². The molecule has 1 heterocycles. The Balaban J connectivity index is 2.31. The zero-order chi connectivity index (χ0) is 7.40. The number of likely N-dealkylation sites (tertiary alicyclic amines) is 1. The van der Waals surface area contributed by atoms with E-state index in [9.17, 15) is 0 Å². The largest absolute Gasteiger partial charge is 0.366 e. The summed E-state index contributed by atoms with van der Waals surface area (Å²) in [4.78, 5) is 3.50. The topological polar surface area (TPSA) is 3.24 Å². The van der Waals surface area contributed by atoms with E-state index in [4.69, 9.17) is 12.2 Å². The molecule has 2 heteroatoms. The highest BCUT2D eigenvalue weighted by atomic mass is 32.1. The lowest BCUT2D eigenvalue weighted by atomic mass is 10.1. The van der Waals surface area contributed by atoms with Crippen LogP contribution in [0.25, 0.3) is 0 Å². The van der Waals surface area contributed by atoms with Crippen molar-refractivity contribution in [1.29, 1.82) is 0 Å². The lowest BCUT2D eigenvalue weighted by molar-refractivity contribution is 0.343. The van der Waals surface area contributed by atoms with E-state index in [0.29, 0.717) is 0 Å². The summed E-state index contributed by atoms with van der Waals surface area (Å²) < 4.78 is 0. The first kappa shape index (κ1) is 7.99. The van der Waals surface area contributed by atoms with Gasteiger partial charge in [0, 0.05) is 13.1 Å². The highest BCUT2D eigenvalue weighted by Crippen LogP contribution is 2.10. The molecular formula is C8H15NS. The van der Waals surface area contributed by atoms with Crippen LogP contribution in [-0.4, -0.2) is 23.0 Å². The third-order valence-corrected chi connectivity index (χ3v) is 2.56. The van der Waals surface area contributed by atoms with Gasteiger partial charge in [0.05, 0.1) is 4.99 Å². The molecule has 0 aliphatic carbocycles. The molecule has 58 valence electrons. The highest BCUT2D eigenvalue weighted by Gasteiger charge is 2.10. The van der Waals surface area contributed by atoms with E-state index in [1.807, 2.05) is 0 Å². The summed E-state index contributed by atoms with van der Waals surface area (Å²) in [6.45, 7) is 4.54.